The Bertz CT molecular complexity index is 1180. The van der Waals surface area contributed by atoms with Crippen molar-refractivity contribution < 1.29 is 23.8 Å². The van der Waals surface area contributed by atoms with E-state index < -0.39 is 12.0 Å². The summed E-state index contributed by atoms with van der Waals surface area (Å²) in [5.41, 5.74) is 3.19. The van der Waals surface area contributed by atoms with Crippen LogP contribution in [-0.4, -0.2) is 36.5 Å². The highest BCUT2D eigenvalue weighted by Crippen LogP contribution is 2.41. The highest BCUT2D eigenvalue weighted by molar-refractivity contribution is 6.19. The van der Waals surface area contributed by atoms with Gasteiger partial charge in [-0.05, 0) is 36.3 Å². The van der Waals surface area contributed by atoms with Gasteiger partial charge in [0.05, 0.1) is 24.4 Å². The molecule has 1 atom stereocenters. The molecule has 156 valence electrons. The van der Waals surface area contributed by atoms with E-state index in [2.05, 4.69) is 4.99 Å². The summed E-state index contributed by atoms with van der Waals surface area (Å²) in [5.74, 6) is 1.29. The number of esters is 1. The van der Waals surface area contributed by atoms with Crippen molar-refractivity contribution >= 4 is 23.8 Å². The van der Waals surface area contributed by atoms with Gasteiger partial charge in [-0.25, -0.2) is 9.79 Å². The zero-order valence-electron chi connectivity index (χ0n) is 17.1. The molecule has 0 radical (unpaired) electrons. The van der Waals surface area contributed by atoms with E-state index in [9.17, 15) is 9.59 Å². The number of aliphatic imine (C=N–C) groups is 1. The number of carbonyl (C=O) groups excluding carboxylic acids is 2. The molecule has 3 aliphatic rings. The van der Waals surface area contributed by atoms with Crippen LogP contribution in [0, 0.1) is 0 Å². The first-order valence-electron chi connectivity index (χ1n) is 9.92. The number of nitrogens with zero attached hydrogens (tertiary/aromatic N) is 2. The molecule has 0 spiro atoms. The molecule has 0 aromatic heterocycles. The van der Waals surface area contributed by atoms with Gasteiger partial charge in [-0.3, -0.25) is 9.69 Å². The Morgan fingerprint density at radius 2 is 1.94 bits per heavy atom. The Morgan fingerprint density at radius 1 is 1.16 bits per heavy atom. The van der Waals surface area contributed by atoms with Gasteiger partial charge in [0.15, 0.2) is 11.5 Å². The van der Waals surface area contributed by atoms with E-state index in [-0.39, 0.29) is 12.7 Å². The second-order valence-electron chi connectivity index (χ2n) is 7.47. The molecular formula is C24H20N2O5. The van der Waals surface area contributed by atoms with E-state index in [0.29, 0.717) is 40.6 Å². The highest BCUT2D eigenvalue weighted by atomic mass is 16.7. The summed E-state index contributed by atoms with van der Waals surface area (Å²) >= 11 is 0. The fraction of sp³-hybridized carbons (Fsp3) is 0.208. The Kier molecular flexibility index (Phi) is 4.58. The highest BCUT2D eigenvalue weighted by Gasteiger charge is 2.44. The van der Waals surface area contributed by atoms with Crippen LogP contribution in [0.1, 0.15) is 30.5 Å². The summed E-state index contributed by atoms with van der Waals surface area (Å²) in [6, 6.07) is 14.4. The average Bonchev–Trinajstić information content (AvgIpc) is 3.37. The number of amidine groups is 1. The third-order valence-electron chi connectivity index (χ3n) is 5.60. The van der Waals surface area contributed by atoms with Crippen LogP contribution < -0.4 is 9.47 Å². The molecular weight excluding hydrogens is 396 g/mol. The van der Waals surface area contributed by atoms with Crippen LogP contribution in [0.3, 0.4) is 0 Å². The lowest BCUT2D eigenvalue weighted by atomic mass is 9.94. The van der Waals surface area contributed by atoms with Gasteiger partial charge in [0.25, 0.3) is 5.91 Å². The minimum absolute atomic E-state index is 0.181. The van der Waals surface area contributed by atoms with E-state index in [1.807, 2.05) is 54.6 Å². The van der Waals surface area contributed by atoms with Gasteiger partial charge in [-0.1, -0.05) is 36.4 Å². The molecule has 31 heavy (non-hydrogen) atoms. The molecule has 3 aliphatic heterocycles. The molecule has 5 rings (SSSR count). The first-order chi connectivity index (χ1) is 15.1. The van der Waals surface area contributed by atoms with Crippen LogP contribution in [0.25, 0.3) is 6.08 Å². The summed E-state index contributed by atoms with van der Waals surface area (Å²) in [6.07, 6.45) is 2.21. The second-order valence-corrected chi connectivity index (χ2v) is 7.47. The lowest BCUT2D eigenvalue weighted by molar-refractivity contribution is -0.137. The first-order valence-corrected chi connectivity index (χ1v) is 9.92. The van der Waals surface area contributed by atoms with Crippen molar-refractivity contribution in [2.24, 2.45) is 4.99 Å². The van der Waals surface area contributed by atoms with Crippen molar-refractivity contribution in [1.29, 1.82) is 0 Å². The van der Waals surface area contributed by atoms with Crippen LogP contribution in [0.4, 0.5) is 0 Å². The molecule has 0 bridgehead atoms. The number of hydrogen-bond donors (Lipinski definition) is 0. The van der Waals surface area contributed by atoms with Gasteiger partial charge in [0.2, 0.25) is 6.79 Å². The van der Waals surface area contributed by atoms with Crippen LogP contribution in [-0.2, 0) is 14.3 Å². The Morgan fingerprint density at radius 3 is 2.71 bits per heavy atom. The van der Waals surface area contributed by atoms with Crippen molar-refractivity contribution in [3.05, 3.63) is 76.5 Å². The van der Waals surface area contributed by atoms with E-state index in [1.54, 1.807) is 11.8 Å². The summed E-state index contributed by atoms with van der Waals surface area (Å²) < 4.78 is 15.8. The zero-order valence-corrected chi connectivity index (χ0v) is 17.1. The first kappa shape index (κ1) is 19.1. The lowest BCUT2D eigenvalue weighted by Crippen LogP contribution is -2.39. The SMILES string of the molecule is COC(=O)C1=C(C)N=C2C/C(=C/c3ccc4c(c3)OCO4)C(=O)N2C1c1ccccc1. The minimum atomic E-state index is -0.587. The molecule has 1 saturated heterocycles. The topological polar surface area (TPSA) is 77.4 Å². The maximum Gasteiger partial charge on any atom is 0.338 e. The molecule has 3 heterocycles. The molecule has 0 N–H and O–H groups in total. The number of carbonyl (C=O) groups is 2. The van der Waals surface area contributed by atoms with E-state index >= 15 is 0 Å². The Hall–Kier alpha value is -3.87. The molecule has 2 aromatic carbocycles. The molecule has 7 nitrogen and oxygen atoms in total. The van der Waals surface area contributed by atoms with Crippen molar-refractivity contribution in [2.45, 2.75) is 19.4 Å². The van der Waals surface area contributed by atoms with Crippen molar-refractivity contribution in [1.82, 2.24) is 4.90 Å². The number of rotatable bonds is 3. The van der Waals surface area contributed by atoms with E-state index in [0.717, 1.165) is 11.1 Å². The smallest absolute Gasteiger partial charge is 0.338 e. The number of fused-ring (bicyclic) bond motifs is 2. The number of benzene rings is 2. The Balaban J connectivity index is 1.56. The summed E-state index contributed by atoms with van der Waals surface area (Å²) in [6.45, 7) is 1.97. The molecule has 1 unspecified atom stereocenters. The molecule has 0 aliphatic carbocycles. The maximum atomic E-state index is 13.5. The maximum absolute atomic E-state index is 13.5. The number of methoxy groups -OCH3 is 1. The fourth-order valence-electron chi connectivity index (χ4n) is 4.18. The monoisotopic (exact) mass is 416 g/mol. The summed E-state index contributed by atoms with van der Waals surface area (Å²) in [5, 5.41) is 0. The molecule has 1 fully saturated rings. The average molecular weight is 416 g/mol. The number of allylic oxidation sites excluding steroid dienone is 1. The minimum Gasteiger partial charge on any atom is -0.466 e. The second kappa shape index (κ2) is 7.43. The van der Waals surface area contributed by atoms with Crippen molar-refractivity contribution in [3.63, 3.8) is 0 Å². The van der Waals surface area contributed by atoms with Crippen LogP contribution in [0.2, 0.25) is 0 Å². The van der Waals surface area contributed by atoms with Crippen molar-refractivity contribution in [3.8, 4) is 11.5 Å². The van der Waals surface area contributed by atoms with Gasteiger partial charge in [0.1, 0.15) is 5.84 Å². The van der Waals surface area contributed by atoms with Gasteiger partial charge in [0, 0.05) is 12.0 Å². The van der Waals surface area contributed by atoms with E-state index in [1.165, 1.54) is 7.11 Å². The van der Waals surface area contributed by atoms with Gasteiger partial charge < -0.3 is 14.2 Å². The number of hydrogen-bond acceptors (Lipinski definition) is 6. The predicted octanol–water partition coefficient (Wildman–Crippen LogP) is 3.63. The molecule has 7 heteroatoms. The third kappa shape index (κ3) is 3.18. The van der Waals surface area contributed by atoms with Crippen LogP contribution in [0.15, 0.2) is 70.4 Å². The van der Waals surface area contributed by atoms with E-state index in [4.69, 9.17) is 14.2 Å². The van der Waals surface area contributed by atoms with Crippen LogP contribution >= 0.6 is 0 Å². The molecule has 2 aromatic rings. The standard InChI is InChI=1S/C24H20N2O5/c1-14-21(24(28)29-2)22(16-6-4-3-5-7-16)26-20(25-14)12-17(23(26)27)10-15-8-9-18-19(11-15)31-13-30-18/h3-11,22H,12-13H2,1-2H3/b17-10-. The van der Waals surface area contributed by atoms with Crippen molar-refractivity contribution in [2.75, 3.05) is 13.9 Å². The Labute approximate surface area is 179 Å². The van der Waals surface area contributed by atoms with Crippen LogP contribution in [0.5, 0.6) is 11.5 Å². The lowest BCUT2D eigenvalue weighted by Gasteiger charge is -2.33. The fourth-order valence-corrected chi connectivity index (χ4v) is 4.18. The predicted molar refractivity (Wildman–Crippen MR) is 113 cm³/mol. The molecule has 0 saturated carbocycles. The van der Waals surface area contributed by atoms with Gasteiger partial charge in [-0.2, -0.15) is 0 Å². The normalized spacial score (nSPS) is 20.8. The largest absolute Gasteiger partial charge is 0.466 e. The quantitative estimate of drug-likeness (QED) is 0.564. The van der Waals surface area contributed by atoms with Gasteiger partial charge >= 0.3 is 5.97 Å². The summed E-state index contributed by atoms with van der Waals surface area (Å²) in [4.78, 5) is 32.3. The number of ether oxygens (including phenoxy) is 3. The van der Waals surface area contributed by atoms with Gasteiger partial charge in [-0.15, -0.1) is 0 Å². The third-order valence-corrected chi connectivity index (χ3v) is 5.60. The molecule has 1 amide bonds. The number of amides is 1. The summed E-state index contributed by atoms with van der Waals surface area (Å²) in [7, 11) is 1.33. The zero-order chi connectivity index (χ0) is 21.5.